The Morgan fingerprint density at radius 3 is 2.35 bits per heavy atom. The van der Waals surface area contributed by atoms with Crippen LogP contribution in [0.25, 0.3) is 0 Å². The third-order valence-electron chi connectivity index (χ3n) is 2.92. The maximum absolute atomic E-state index is 11.6. The molecule has 17 heavy (non-hydrogen) atoms. The average Bonchev–Trinajstić information content (AvgIpc) is 2.56. The molecule has 2 atom stereocenters. The predicted octanol–water partition coefficient (Wildman–Crippen LogP) is 1.14. The molecule has 1 fully saturated rings. The molecule has 1 aliphatic rings. The third-order valence-corrected chi connectivity index (χ3v) is 4.91. The van der Waals surface area contributed by atoms with E-state index in [0.29, 0.717) is 5.02 Å². The number of hydrogen-bond donors (Lipinski definition) is 2. The van der Waals surface area contributed by atoms with Crippen LogP contribution in [0.5, 0.6) is 0 Å². The fourth-order valence-corrected chi connectivity index (χ4v) is 4.11. The van der Waals surface area contributed by atoms with E-state index < -0.39 is 9.84 Å². The molecule has 0 bridgehead atoms. The van der Waals surface area contributed by atoms with Gasteiger partial charge < -0.3 is 10.6 Å². The van der Waals surface area contributed by atoms with E-state index in [0.717, 1.165) is 5.69 Å². The van der Waals surface area contributed by atoms with Crippen LogP contribution in [-0.2, 0) is 9.84 Å². The molecule has 2 N–H and O–H groups in total. The van der Waals surface area contributed by atoms with E-state index >= 15 is 0 Å². The highest BCUT2D eigenvalue weighted by Gasteiger charge is 2.36. The number of rotatable bonds is 3. The molecule has 1 aromatic carbocycles. The molecule has 0 aliphatic carbocycles. The minimum Gasteiger partial charge on any atom is -0.380 e. The molecule has 2 rings (SSSR count). The van der Waals surface area contributed by atoms with Gasteiger partial charge in [-0.25, -0.2) is 8.42 Å². The SMILES string of the molecule is CNC1CS(=O)(=O)CC1Nc1ccc(Cl)cc1. The Hall–Kier alpha value is -0.780. The first-order chi connectivity index (χ1) is 8.00. The zero-order valence-corrected chi connectivity index (χ0v) is 11.1. The van der Waals surface area contributed by atoms with Crippen molar-refractivity contribution in [3.05, 3.63) is 29.3 Å². The maximum atomic E-state index is 11.6. The van der Waals surface area contributed by atoms with Crippen molar-refractivity contribution in [3.63, 3.8) is 0 Å². The van der Waals surface area contributed by atoms with Crippen molar-refractivity contribution in [2.75, 3.05) is 23.9 Å². The van der Waals surface area contributed by atoms with Gasteiger partial charge in [-0.2, -0.15) is 0 Å². The van der Waals surface area contributed by atoms with Gasteiger partial charge in [-0.1, -0.05) is 11.6 Å². The lowest BCUT2D eigenvalue weighted by atomic mass is 10.1. The quantitative estimate of drug-likeness (QED) is 0.868. The largest absolute Gasteiger partial charge is 0.380 e. The van der Waals surface area contributed by atoms with E-state index in [1.165, 1.54) is 0 Å². The zero-order chi connectivity index (χ0) is 12.5. The van der Waals surface area contributed by atoms with Crippen molar-refractivity contribution in [2.45, 2.75) is 12.1 Å². The van der Waals surface area contributed by atoms with Crippen molar-refractivity contribution in [1.82, 2.24) is 5.32 Å². The van der Waals surface area contributed by atoms with Crippen LogP contribution in [0.1, 0.15) is 0 Å². The second-order valence-electron chi connectivity index (χ2n) is 4.23. The monoisotopic (exact) mass is 274 g/mol. The summed E-state index contributed by atoms with van der Waals surface area (Å²) in [6.07, 6.45) is 0. The van der Waals surface area contributed by atoms with Crippen molar-refractivity contribution in [3.8, 4) is 0 Å². The summed E-state index contributed by atoms with van der Waals surface area (Å²) in [4.78, 5) is 0. The second-order valence-corrected chi connectivity index (χ2v) is 6.82. The van der Waals surface area contributed by atoms with Crippen LogP contribution in [-0.4, -0.2) is 39.1 Å². The molecule has 0 aromatic heterocycles. The molecule has 94 valence electrons. The number of halogens is 1. The zero-order valence-electron chi connectivity index (χ0n) is 9.48. The lowest BCUT2D eigenvalue weighted by Crippen LogP contribution is -2.41. The van der Waals surface area contributed by atoms with E-state index in [4.69, 9.17) is 11.6 Å². The number of benzene rings is 1. The predicted molar refractivity (Wildman–Crippen MR) is 70.4 cm³/mol. The molecule has 1 aromatic rings. The molecule has 0 radical (unpaired) electrons. The van der Waals surface area contributed by atoms with E-state index in [1.807, 2.05) is 12.1 Å². The van der Waals surface area contributed by atoms with Crippen molar-refractivity contribution in [2.24, 2.45) is 0 Å². The molecule has 4 nitrogen and oxygen atoms in total. The number of sulfone groups is 1. The number of hydrogen-bond acceptors (Lipinski definition) is 4. The van der Waals surface area contributed by atoms with Crippen LogP contribution < -0.4 is 10.6 Å². The summed E-state index contributed by atoms with van der Waals surface area (Å²) in [7, 11) is -1.16. The molecular formula is C11H15ClN2O2S. The van der Waals surface area contributed by atoms with E-state index in [1.54, 1.807) is 19.2 Å². The highest BCUT2D eigenvalue weighted by molar-refractivity contribution is 7.91. The molecule has 1 saturated heterocycles. The molecule has 0 amide bonds. The van der Waals surface area contributed by atoms with Gasteiger partial charge in [0.25, 0.3) is 0 Å². The summed E-state index contributed by atoms with van der Waals surface area (Å²) in [5.41, 5.74) is 0.886. The number of nitrogens with one attached hydrogen (secondary N) is 2. The van der Waals surface area contributed by atoms with Crippen molar-refractivity contribution < 1.29 is 8.42 Å². The minimum atomic E-state index is -2.94. The summed E-state index contributed by atoms with van der Waals surface area (Å²) in [6.45, 7) is 0. The fraction of sp³-hybridized carbons (Fsp3) is 0.455. The van der Waals surface area contributed by atoms with Crippen LogP contribution in [0.15, 0.2) is 24.3 Å². The topological polar surface area (TPSA) is 58.2 Å². The Morgan fingerprint density at radius 1 is 1.18 bits per heavy atom. The Labute approximate surface area is 106 Å². The molecule has 6 heteroatoms. The van der Waals surface area contributed by atoms with Gasteiger partial charge in [-0.3, -0.25) is 0 Å². The highest BCUT2D eigenvalue weighted by atomic mass is 35.5. The van der Waals surface area contributed by atoms with Crippen LogP contribution >= 0.6 is 11.6 Å². The maximum Gasteiger partial charge on any atom is 0.153 e. The fourth-order valence-electron chi connectivity index (χ4n) is 2.03. The van der Waals surface area contributed by atoms with Gasteiger partial charge >= 0.3 is 0 Å². The minimum absolute atomic E-state index is 0.0457. The van der Waals surface area contributed by atoms with E-state index in [9.17, 15) is 8.42 Å². The van der Waals surface area contributed by atoms with Crippen LogP contribution in [0.2, 0.25) is 5.02 Å². The van der Waals surface area contributed by atoms with Crippen LogP contribution in [0.4, 0.5) is 5.69 Å². The summed E-state index contributed by atoms with van der Waals surface area (Å²) in [5, 5.41) is 6.92. The van der Waals surface area contributed by atoms with Gasteiger partial charge in [-0.15, -0.1) is 0 Å². The van der Waals surface area contributed by atoms with Crippen LogP contribution in [0, 0.1) is 0 Å². The standard InChI is InChI=1S/C11H15ClN2O2S/c1-13-10-6-17(15,16)7-11(10)14-9-4-2-8(12)3-5-9/h2-5,10-11,13-14H,6-7H2,1H3. The Kier molecular flexibility index (Phi) is 3.61. The van der Waals surface area contributed by atoms with Crippen molar-refractivity contribution in [1.29, 1.82) is 0 Å². The van der Waals surface area contributed by atoms with Gasteiger partial charge in [-0.05, 0) is 31.3 Å². The first-order valence-electron chi connectivity index (χ1n) is 5.40. The molecule has 1 aliphatic heterocycles. The number of anilines is 1. The molecular weight excluding hydrogens is 260 g/mol. The highest BCUT2D eigenvalue weighted by Crippen LogP contribution is 2.19. The molecule has 2 unspecified atom stereocenters. The van der Waals surface area contributed by atoms with E-state index in [2.05, 4.69) is 10.6 Å². The smallest absolute Gasteiger partial charge is 0.153 e. The normalized spacial score (nSPS) is 26.9. The molecule has 0 spiro atoms. The van der Waals surface area contributed by atoms with Gasteiger partial charge in [0.15, 0.2) is 9.84 Å². The summed E-state index contributed by atoms with van der Waals surface area (Å²) in [6, 6.07) is 7.12. The lowest BCUT2D eigenvalue weighted by molar-refractivity contribution is 0.573. The third kappa shape index (κ3) is 3.12. The van der Waals surface area contributed by atoms with Crippen LogP contribution in [0.3, 0.4) is 0 Å². The van der Waals surface area contributed by atoms with Crippen molar-refractivity contribution >= 4 is 27.1 Å². The Bertz CT molecular complexity index is 487. The molecule has 0 saturated carbocycles. The summed E-state index contributed by atoms with van der Waals surface area (Å²) in [5.74, 6) is 0.357. The van der Waals surface area contributed by atoms with E-state index in [-0.39, 0.29) is 23.6 Å². The van der Waals surface area contributed by atoms with Gasteiger partial charge in [0.2, 0.25) is 0 Å². The average molecular weight is 275 g/mol. The Morgan fingerprint density at radius 2 is 1.76 bits per heavy atom. The number of likely N-dealkylation sites (N-methyl/N-ethyl adjacent to an activating group) is 1. The molecule has 1 heterocycles. The second kappa shape index (κ2) is 4.84. The first kappa shape index (κ1) is 12.7. The van der Waals surface area contributed by atoms with Gasteiger partial charge in [0, 0.05) is 16.8 Å². The first-order valence-corrected chi connectivity index (χ1v) is 7.60. The lowest BCUT2D eigenvalue weighted by Gasteiger charge is -2.19. The van der Waals surface area contributed by atoms with Gasteiger partial charge in [0.1, 0.15) is 0 Å². The summed E-state index contributed by atoms with van der Waals surface area (Å²) >= 11 is 5.79. The van der Waals surface area contributed by atoms with Gasteiger partial charge in [0.05, 0.1) is 17.5 Å². The Balaban J connectivity index is 2.10. The summed E-state index contributed by atoms with van der Waals surface area (Å²) < 4.78 is 23.1.